The quantitative estimate of drug-likeness (QED) is 0.557. The third kappa shape index (κ3) is 3.41. The number of carbonyl (C=O) groups excluding carboxylic acids is 1. The molecule has 2 aromatic carbocycles. The number of pyridine rings is 1. The van der Waals surface area contributed by atoms with E-state index >= 15 is 0 Å². The monoisotopic (exact) mass is 379 g/mol. The highest BCUT2D eigenvalue weighted by Crippen LogP contribution is 2.27. The van der Waals surface area contributed by atoms with Crippen LogP contribution in [-0.4, -0.2) is 15.3 Å². The molecule has 1 N–H and O–H groups in total. The largest absolute Gasteiger partial charge is 0.345 e. The molecule has 2 heterocycles. The fourth-order valence-corrected chi connectivity index (χ4v) is 3.13. The van der Waals surface area contributed by atoms with Gasteiger partial charge in [-0.05, 0) is 30.3 Å². The van der Waals surface area contributed by atoms with Gasteiger partial charge in [0, 0.05) is 28.9 Å². The molecule has 0 radical (unpaired) electrons. The highest BCUT2D eigenvalue weighted by molar-refractivity contribution is 6.30. The van der Waals surface area contributed by atoms with Crippen LogP contribution in [-0.2, 0) is 6.54 Å². The number of hydrogen-bond acceptors (Lipinski definition) is 2. The number of fused-ring (bicyclic) bond motifs is 1. The Balaban J connectivity index is 1.70. The van der Waals surface area contributed by atoms with Crippen molar-refractivity contribution in [3.05, 3.63) is 95.2 Å². The van der Waals surface area contributed by atoms with Gasteiger partial charge in [-0.25, -0.2) is 9.37 Å². The van der Waals surface area contributed by atoms with Gasteiger partial charge in [0.05, 0.1) is 11.2 Å². The molecule has 0 saturated heterocycles. The summed E-state index contributed by atoms with van der Waals surface area (Å²) in [6, 6.07) is 19.2. The summed E-state index contributed by atoms with van der Waals surface area (Å²) in [5.41, 5.74) is 2.69. The molecule has 0 fully saturated rings. The van der Waals surface area contributed by atoms with E-state index in [1.54, 1.807) is 40.9 Å². The number of benzene rings is 2. The van der Waals surface area contributed by atoms with Gasteiger partial charge in [0.25, 0.3) is 5.91 Å². The fourth-order valence-electron chi connectivity index (χ4n) is 2.94. The second-order valence-electron chi connectivity index (χ2n) is 6.02. The van der Waals surface area contributed by atoms with Gasteiger partial charge in [-0.1, -0.05) is 48.0 Å². The number of carbonyl (C=O) groups is 1. The number of amides is 1. The number of halogens is 2. The van der Waals surface area contributed by atoms with Crippen LogP contribution in [0.4, 0.5) is 4.39 Å². The lowest BCUT2D eigenvalue weighted by atomic mass is 10.1. The molecule has 134 valence electrons. The molecule has 27 heavy (non-hydrogen) atoms. The highest BCUT2D eigenvalue weighted by atomic mass is 35.5. The summed E-state index contributed by atoms with van der Waals surface area (Å²) in [5.74, 6) is -0.505. The summed E-state index contributed by atoms with van der Waals surface area (Å²) in [4.78, 5) is 17.2. The zero-order valence-corrected chi connectivity index (χ0v) is 14.9. The molecule has 1 amide bonds. The summed E-state index contributed by atoms with van der Waals surface area (Å²) in [6.45, 7) is 0.0831. The molecule has 2 aromatic heterocycles. The first-order chi connectivity index (χ1) is 13.1. The Hall–Kier alpha value is -3.18. The Kier molecular flexibility index (Phi) is 4.60. The summed E-state index contributed by atoms with van der Waals surface area (Å²) >= 11 is 6.10. The van der Waals surface area contributed by atoms with Gasteiger partial charge in [0.1, 0.15) is 5.82 Å². The van der Waals surface area contributed by atoms with Crippen LogP contribution in [0.5, 0.6) is 0 Å². The van der Waals surface area contributed by atoms with Crippen molar-refractivity contribution < 1.29 is 9.18 Å². The van der Waals surface area contributed by atoms with Crippen molar-refractivity contribution in [1.29, 1.82) is 0 Å². The summed E-state index contributed by atoms with van der Waals surface area (Å²) in [6.07, 6.45) is 1.77. The first-order valence-corrected chi connectivity index (χ1v) is 8.76. The van der Waals surface area contributed by atoms with Gasteiger partial charge in [-0.2, -0.15) is 0 Å². The smallest absolute Gasteiger partial charge is 0.287 e. The van der Waals surface area contributed by atoms with Crippen LogP contribution < -0.4 is 5.32 Å². The van der Waals surface area contributed by atoms with E-state index in [0.717, 1.165) is 11.1 Å². The average molecular weight is 380 g/mol. The molecule has 0 bridgehead atoms. The van der Waals surface area contributed by atoms with Crippen LogP contribution in [0, 0.1) is 5.82 Å². The van der Waals surface area contributed by atoms with Crippen molar-refractivity contribution in [1.82, 2.24) is 14.7 Å². The number of nitrogens with zero attached hydrogens (tertiary/aromatic N) is 2. The van der Waals surface area contributed by atoms with E-state index in [-0.39, 0.29) is 24.1 Å². The Morgan fingerprint density at radius 2 is 1.89 bits per heavy atom. The minimum absolute atomic E-state index is 0.0831. The van der Waals surface area contributed by atoms with Crippen molar-refractivity contribution >= 4 is 23.0 Å². The molecular weight excluding hydrogens is 365 g/mol. The molecule has 4 nitrogen and oxygen atoms in total. The Bertz CT molecular complexity index is 1140. The normalized spacial score (nSPS) is 10.9. The predicted molar refractivity (Wildman–Crippen MR) is 103 cm³/mol. The standard InChI is InChI=1S/C21H15ClFN3O/c22-16-8-5-7-14(12-16)19-18-10-3-4-11-26(18)20(25-19)21(27)24-13-15-6-1-2-9-17(15)23/h1-12H,13H2,(H,24,27). The molecule has 0 saturated carbocycles. The molecule has 0 aliphatic heterocycles. The lowest BCUT2D eigenvalue weighted by molar-refractivity contribution is 0.0939. The average Bonchev–Trinajstić information content (AvgIpc) is 3.07. The van der Waals surface area contributed by atoms with Crippen LogP contribution in [0.2, 0.25) is 5.02 Å². The van der Waals surface area contributed by atoms with Gasteiger partial charge >= 0.3 is 0 Å². The summed E-state index contributed by atoms with van der Waals surface area (Å²) in [7, 11) is 0. The van der Waals surface area contributed by atoms with Crippen LogP contribution in [0.25, 0.3) is 16.8 Å². The maximum absolute atomic E-state index is 13.8. The number of aromatic nitrogens is 2. The van der Waals surface area contributed by atoms with E-state index < -0.39 is 0 Å². The first-order valence-electron chi connectivity index (χ1n) is 8.38. The van der Waals surface area contributed by atoms with E-state index in [2.05, 4.69) is 10.3 Å². The van der Waals surface area contributed by atoms with Crippen LogP contribution in [0.15, 0.2) is 72.9 Å². The zero-order chi connectivity index (χ0) is 18.8. The fraction of sp³-hybridized carbons (Fsp3) is 0.0476. The van der Waals surface area contributed by atoms with Crippen molar-refractivity contribution in [3.8, 4) is 11.3 Å². The first kappa shape index (κ1) is 17.2. The van der Waals surface area contributed by atoms with E-state index in [9.17, 15) is 9.18 Å². The van der Waals surface area contributed by atoms with E-state index in [0.29, 0.717) is 16.3 Å². The van der Waals surface area contributed by atoms with Crippen LogP contribution in [0.1, 0.15) is 16.2 Å². The second kappa shape index (κ2) is 7.21. The van der Waals surface area contributed by atoms with Crippen molar-refractivity contribution in [2.45, 2.75) is 6.54 Å². The summed E-state index contributed by atoms with van der Waals surface area (Å²) < 4.78 is 15.5. The third-order valence-corrected chi connectivity index (χ3v) is 4.48. The maximum Gasteiger partial charge on any atom is 0.287 e. The van der Waals surface area contributed by atoms with E-state index in [1.807, 2.05) is 30.3 Å². The molecule has 0 spiro atoms. The maximum atomic E-state index is 13.8. The van der Waals surface area contributed by atoms with Crippen molar-refractivity contribution in [2.24, 2.45) is 0 Å². The lowest BCUT2D eigenvalue weighted by Crippen LogP contribution is -2.25. The molecule has 0 unspecified atom stereocenters. The molecule has 0 aliphatic rings. The Labute approximate surface area is 160 Å². The van der Waals surface area contributed by atoms with Gasteiger partial charge in [0.2, 0.25) is 5.82 Å². The number of hydrogen-bond donors (Lipinski definition) is 1. The van der Waals surface area contributed by atoms with Crippen molar-refractivity contribution in [3.63, 3.8) is 0 Å². The molecule has 4 rings (SSSR count). The summed E-state index contributed by atoms with van der Waals surface area (Å²) in [5, 5.41) is 3.33. The van der Waals surface area contributed by atoms with Gasteiger partial charge in [-0.15, -0.1) is 0 Å². The van der Waals surface area contributed by atoms with E-state index in [4.69, 9.17) is 11.6 Å². The number of nitrogens with one attached hydrogen (secondary N) is 1. The van der Waals surface area contributed by atoms with E-state index in [1.165, 1.54) is 6.07 Å². The number of imidazole rings is 1. The molecule has 4 aromatic rings. The van der Waals surface area contributed by atoms with Crippen molar-refractivity contribution in [2.75, 3.05) is 0 Å². The molecule has 6 heteroatoms. The predicted octanol–water partition coefficient (Wildman–Crippen LogP) is 4.72. The number of rotatable bonds is 4. The zero-order valence-electron chi connectivity index (χ0n) is 14.2. The third-order valence-electron chi connectivity index (χ3n) is 4.25. The minimum Gasteiger partial charge on any atom is -0.345 e. The SMILES string of the molecule is O=C(NCc1ccccc1F)c1nc(-c2cccc(Cl)c2)c2ccccn12. The van der Waals surface area contributed by atoms with Crippen LogP contribution in [0.3, 0.4) is 0 Å². The second-order valence-corrected chi connectivity index (χ2v) is 6.46. The Morgan fingerprint density at radius 1 is 1.07 bits per heavy atom. The lowest BCUT2D eigenvalue weighted by Gasteiger charge is -2.05. The minimum atomic E-state index is -0.382. The van der Waals surface area contributed by atoms with Crippen LogP contribution >= 0.6 is 11.6 Å². The molecule has 0 atom stereocenters. The Morgan fingerprint density at radius 3 is 2.70 bits per heavy atom. The highest BCUT2D eigenvalue weighted by Gasteiger charge is 2.18. The molecule has 0 aliphatic carbocycles. The van der Waals surface area contributed by atoms with Gasteiger partial charge in [0.15, 0.2) is 0 Å². The van der Waals surface area contributed by atoms with Gasteiger partial charge < -0.3 is 5.32 Å². The molecular formula is C21H15ClFN3O. The van der Waals surface area contributed by atoms with Gasteiger partial charge in [-0.3, -0.25) is 9.20 Å². The topological polar surface area (TPSA) is 46.4 Å².